The van der Waals surface area contributed by atoms with Crippen molar-refractivity contribution < 1.29 is 9.53 Å². The molecule has 21 heavy (non-hydrogen) atoms. The van der Waals surface area contributed by atoms with Crippen molar-refractivity contribution in [3.8, 4) is 0 Å². The fraction of sp³-hybridized carbons (Fsp3) is 0.357. The minimum absolute atomic E-state index is 0.00330. The summed E-state index contributed by atoms with van der Waals surface area (Å²) in [6.45, 7) is 1.90. The van der Waals surface area contributed by atoms with E-state index in [-0.39, 0.29) is 33.8 Å². The third-order valence-corrected chi connectivity index (χ3v) is 4.02. The van der Waals surface area contributed by atoms with Crippen molar-refractivity contribution in [2.24, 2.45) is 0 Å². The Hall–Kier alpha value is -1.59. The predicted octanol–water partition coefficient (Wildman–Crippen LogP) is 3.21. The number of aromatic nitrogens is 2. The molecule has 0 bridgehead atoms. The second-order valence-electron chi connectivity index (χ2n) is 4.86. The molecule has 0 N–H and O–H groups in total. The number of pyridine rings is 2. The van der Waals surface area contributed by atoms with E-state index < -0.39 is 11.4 Å². The maximum atomic E-state index is 12.4. The van der Waals surface area contributed by atoms with Gasteiger partial charge in [0.25, 0.3) is 0 Å². The first-order valence-electron chi connectivity index (χ1n) is 6.61. The van der Waals surface area contributed by atoms with Crippen molar-refractivity contribution in [2.45, 2.75) is 25.8 Å². The highest BCUT2D eigenvalue weighted by molar-refractivity contribution is 6.41. The number of esters is 1. The number of ether oxygens (including phenoxy) is 1. The monoisotopic (exact) mass is 326 g/mol. The van der Waals surface area contributed by atoms with Crippen LogP contribution in [0.2, 0.25) is 10.2 Å². The third-order valence-electron chi connectivity index (χ3n) is 3.35. The predicted molar refractivity (Wildman–Crippen MR) is 80.3 cm³/mol. The quantitative estimate of drug-likeness (QED) is 0.641. The fourth-order valence-corrected chi connectivity index (χ4v) is 2.50. The van der Waals surface area contributed by atoms with Crippen molar-refractivity contribution in [2.75, 3.05) is 6.61 Å². The number of hydrogen-bond acceptors (Lipinski definition) is 4. The van der Waals surface area contributed by atoms with Gasteiger partial charge in [-0.15, -0.1) is 0 Å². The van der Waals surface area contributed by atoms with E-state index in [4.69, 9.17) is 27.9 Å². The van der Waals surface area contributed by atoms with Crippen LogP contribution in [0.15, 0.2) is 17.1 Å². The van der Waals surface area contributed by atoms with Crippen LogP contribution < -0.4 is 5.43 Å². The van der Waals surface area contributed by atoms with Crippen LogP contribution in [-0.4, -0.2) is 22.1 Å². The summed E-state index contributed by atoms with van der Waals surface area (Å²) in [4.78, 5) is 28.6. The normalized spacial score (nSPS) is 14.4. The lowest BCUT2D eigenvalue weighted by molar-refractivity contribution is 0.0524. The summed E-state index contributed by atoms with van der Waals surface area (Å²) in [6, 6.07) is 1.68. The Labute approximate surface area is 130 Å². The molecule has 0 aliphatic heterocycles. The maximum absolute atomic E-state index is 12.4. The molecule has 3 rings (SSSR count). The van der Waals surface area contributed by atoms with Crippen LogP contribution >= 0.6 is 23.2 Å². The Bertz CT molecular complexity index is 797. The molecule has 110 valence electrons. The summed E-state index contributed by atoms with van der Waals surface area (Å²) in [5.74, 6) is -0.634. The van der Waals surface area contributed by atoms with Crippen LogP contribution in [0, 0.1) is 0 Å². The fourth-order valence-electron chi connectivity index (χ4n) is 2.21. The Kier molecular flexibility index (Phi) is 3.63. The molecule has 0 amide bonds. The van der Waals surface area contributed by atoms with Gasteiger partial charge in [0.15, 0.2) is 0 Å². The highest BCUT2D eigenvalue weighted by Crippen LogP contribution is 2.37. The van der Waals surface area contributed by atoms with Gasteiger partial charge in [-0.3, -0.25) is 4.79 Å². The molecule has 0 spiro atoms. The second kappa shape index (κ2) is 5.31. The van der Waals surface area contributed by atoms with Gasteiger partial charge in [-0.25, -0.2) is 9.78 Å². The van der Waals surface area contributed by atoms with E-state index in [9.17, 15) is 9.59 Å². The standard InChI is InChI=1S/C14H12Cl2N2O3/c1-2-21-14(20)9-6-18(7-3-4-7)13-8(11(9)19)5-10(15)12(16)17-13/h5-7H,2-4H2,1H3. The smallest absolute Gasteiger partial charge is 0.343 e. The number of halogens is 2. The zero-order valence-electron chi connectivity index (χ0n) is 11.2. The van der Waals surface area contributed by atoms with Crippen molar-refractivity contribution in [1.29, 1.82) is 0 Å². The molecular formula is C14H12Cl2N2O3. The molecule has 1 aliphatic carbocycles. The number of carbonyl (C=O) groups excluding carboxylic acids is 1. The second-order valence-corrected chi connectivity index (χ2v) is 5.63. The first kappa shape index (κ1) is 14.4. The zero-order valence-corrected chi connectivity index (χ0v) is 12.7. The maximum Gasteiger partial charge on any atom is 0.343 e. The third kappa shape index (κ3) is 2.51. The highest BCUT2D eigenvalue weighted by Gasteiger charge is 2.28. The summed E-state index contributed by atoms with van der Waals surface area (Å²) in [7, 11) is 0. The molecule has 0 aromatic carbocycles. The first-order chi connectivity index (χ1) is 10.0. The minimum atomic E-state index is -0.634. The summed E-state index contributed by atoms with van der Waals surface area (Å²) < 4.78 is 6.75. The van der Waals surface area contributed by atoms with Gasteiger partial charge >= 0.3 is 5.97 Å². The number of fused-ring (bicyclic) bond motifs is 1. The average molecular weight is 327 g/mol. The highest BCUT2D eigenvalue weighted by atomic mass is 35.5. The largest absolute Gasteiger partial charge is 0.462 e. The van der Waals surface area contributed by atoms with Crippen LogP contribution in [0.1, 0.15) is 36.2 Å². The van der Waals surface area contributed by atoms with Crippen molar-refractivity contribution >= 4 is 40.2 Å². The molecule has 0 unspecified atom stereocenters. The average Bonchev–Trinajstić information content (AvgIpc) is 3.26. The van der Waals surface area contributed by atoms with Gasteiger partial charge in [-0.2, -0.15) is 0 Å². The summed E-state index contributed by atoms with van der Waals surface area (Å²) >= 11 is 11.9. The van der Waals surface area contributed by atoms with Crippen molar-refractivity contribution in [1.82, 2.24) is 9.55 Å². The minimum Gasteiger partial charge on any atom is -0.462 e. The molecule has 1 aliphatic rings. The molecule has 0 radical (unpaired) electrons. The Morgan fingerprint density at radius 2 is 2.19 bits per heavy atom. The molecule has 2 aromatic rings. The van der Waals surface area contributed by atoms with E-state index in [0.717, 1.165) is 12.8 Å². The Morgan fingerprint density at radius 1 is 1.48 bits per heavy atom. The topological polar surface area (TPSA) is 61.2 Å². The van der Waals surface area contributed by atoms with Gasteiger partial charge in [-0.1, -0.05) is 23.2 Å². The lowest BCUT2D eigenvalue weighted by Crippen LogP contribution is -2.21. The van der Waals surface area contributed by atoms with E-state index in [1.807, 2.05) is 4.57 Å². The van der Waals surface area contributed by atoms with Gasteiger partial charge < -0.3 is 9.30 Å². The van der Waals surface area contributed by atoms with Crippen LogP contribution in [0.3, 0.4) is 0 Å². The molecule has 1 saturated carbocycles. The number of carbonyl (C=O) groups is 1. The van der Waals surface area contributed by atoms with Gasteiger partial charge in [0, 0.05) is 12.2 Å². The molecule has 2 heterocycles. The number of hydrogen-bond donors (Lipinski definition) is 0. The molecular weight excluding hydrogens is 315 g/mol. The van der Waals surface area contributed by atoms with E-state index >= 15 is 0 Å². The van der Waals surface area contributed by atoms with Crippen molar-refractivity contribution in [3.05, 3.63) is 38.2 Å². The SMILES string of the molecule is CCOC(=O)c1cn(C2CC2)c2nc(Cl)c(Cl)cc2c1=O. The lowest BCUT2D eigenvalue weighted by Gasteiger charge is -2.12. The van der Waals surface area contributed by atoms with E-state index in [0.29, 0.717) is 5.65 Å². The molecule has 1 fully saturated rings. The summed E-state index contributed by atoms with van der Waals surface area (Å²) in [6.07, 6.45) is 3.46. The molecule has 0 atom stereocenters. The van der Waals surface area contributed by atoms with Crippen LogP contribution in [-0.2, 0) is 4.74 Å². The molecule has 0 saturated heterocycles. The van der Waals surface area contributed by atoms with E-state index in [2.05, 4.69) is 4.98 Å². The van der Waals surface area contributed by atoms with Gasteiger partial charge in [0.05, 0.1) is 17.0 Å². The Morgan fingerprint density at radius 3 is 2.81 bits per heavy atom. The van der Waals surface area contributed by atoms with Gasteiger partial charge in [0.1, 0.15) is 16.4 Å². The molecule has 7 heteroatoms. The molecule has 5 nitrogen and oxygen atoms in total. The van der Waals surface area contributed by atoms with Gasteiger partial charge in [0.2, 0.25) is 5.43 Å². The zero-order chi connectivity index (χ0) is 15.1. The first-order valence-corrected chi connectivity index (χ1v) is 7.36. The summed E-state index contributed by atoms with van der Waals surface area (Å²) in [5, 5.41) is 0.605. The number of nitrogens with zero attached hydrogens (tertiary/aromatic N) is 2. The van der Waals surface area contributed by atoms with Crippen molar-refractivity contribution in [3.63, 3.8) is 0 Å². The van der Waals surface area contributed by atoms with E-state index in [1.165, 1.54) is 12.3 Å². The van der Waals surface area contributed by atoms with Crippen LogP contribution in [0.25, 0.3) is 11.0 Å². The van der Waals surface area contributed by atoms with Gasteiger partial charge in [-0.05, 0) is 25.8 Å². The van der Waals surface area contributed by atoms with Crippen LogP contribution in [0.4, 0.5) is 0 Å². The summed E-state index contributed by atoms with van der Waals surface area (Å²) in [5.41, 5.74) is 0.00723. The molecule has 2 aromatic heterocycles. The van der Waals surface area contributed by atoms with E-state index in [1.54, 1.807) is 6.92 Å². The Balaban J connectivity index is 2.31. The lowest BCUT2D eigenvalue weighted by atomic mass is 10.2. The number of rotatable bonds is 3. The van der Waals surface area contributed by atoms with Crippen LogP contribution in [0.5, 0.6) is 0 Å².